The Hall–Kier alpha value is -1.62. The lowest BCUT2D eigenvalue weighted by molar-refractivity contribution is 0.480. The molecule has 0 fully saturated rings. The summed E-state index contributed by atoms with van der Waals surface area (Å²) in [6.45, 7) is 1.63. The minimum Gasteiger partial charge on any atom is -0.447 e. The maximum Gasteiger partial charge on any atom is 0.180 e. The molecule has 0 aromatic carbocycles. The first-order valence-corrected chi connectivity index (χ1v) is 4.90. The second-order valence-electron chi connectivity index (χ2n) is 3.42. The summed E-state index contributed by atoms with van der Waals surface area (Å²) in [5.74, 6) is 0.862. The molecule has 0 unspecified atom stereocenters. The summed E-state index contributed by atoms with van der Waals surface area (Å²) in [6, 6.07) is 0. The molecule has 2 heterocycles. The molecule has 0 spiro atoms. The molecular weight excluding hydrogens is 192 g/mol. The zero-order valence-electron chi connectivity index (χ0n) is 8.68. The maximum absolute atomic E-state index is 5.10. The first kappa shape index (κ1) is 9.92. The fraction of sp³-hybridized carbons (Fsp3) is 0.400. The van der Waals surface area contributed by atoms with Crippen molar-refractivity contribution in [1.82, 2.24) is 20.1 Å². The van der Waals surface area contributed by atoms with E-state index >= 15 is 0 Å². The van der Waals surface area contributed by atoms with E-state index in [0.717, 1.165) is 25.3 Å². The van der Waals surface area contributed by atoms with Crippen LogP contribution >= 0.6 is 0 Å². The van der Waals surface area contributed by atoms with Crippen LogP contribution in [0.25, 0.3) is 0 Å². The van der Waals surface area contributed by atoms with E-state index in [2.05, 4.69) is 15.4 Å². The highest BCUT2D eigenvalue weighted by molar-refractivity contribution is 5.03. The summed E-state index contributed by atoms with van der Waals surface area (Å²) in [4.78, 5) is 3.84. The fourth-order valence-corrected chi connectivity index (χ4v) is 1.37. The van der Waals surface area contributed by atoms with Crippen LogP contribution < -0.4 is 5.32 Å². The number of oxazole rings is 1. The van der Waals surface area contributed by atoms with Gasteiger partial charge in [0.2, 0.25) is 0 Å². The topological polar surface area (TPSA) is 55.9 Å². The maximum atomic E-state index is 5.10. The van der Waals surface area contributed by atoms with Crippen LogP contribution in [-0.4, -0.2) is 21.3 Å². The van der Waals surface area contributed by atoms with Crippen LogP contribution in [0.2, 0.25) is 0 Å². The second-order valence-corrected chi connectivity index (χ2v) is 3.42. The van der Waals surface area contributed by atoms with Gasteiger partial charge < -0.3 is 9.73 Å². The Morgan fingerprint density at radius 2 is 2.40 bits per heavy atom. The van der Waals surface area contributed by atoms with Crippen molar-refractivity contribution >= 4 is 0 Å². The molecule has 5 heteroatoms. The SMILES string of the molecule is Cn1cc(CCNCc2cnco2)cn1. The van der Waals surface area contributed by atoms with Gasteiger partial charge in [0.1, 0.15) is 5.76 Å². The molecule has 0 aliphatic rings. The molecule has 0 atom stereocenters. The van der Waals surface area contributed by atoms with E-state index in [-0.39, 0.29) is 0 Å². The van der Waals surface area contributed by atoms with Crippen molar-refractivity contribution in [2.45, 2.75) is 13.0 Å². The highest BCUT2D eigenvalue weighted by atomic mass is 16.3. The third-order valence-electron chi connectivity index (χ3n) is 2.13. The summed E-state index contributed by atoms with van der Waals surface area (Å²) in [5.41, 5.74) is 1.24. The lowest BCUT2D eigenvalue weighted by Crippen LogP contribution is -2.16. The molecule has 1 N–H and O–H groups in total. The van der Waals surface area contributed by atoms with Gasteiger partial charge in [-0.1, -0.05) is 0 Å². The summed E-state index contributed by atoms with van der Waals surface area (Å²) in [7, 11) is 1.92. The first-order valence-electron chi connectivity index (χ1n) is 4.90. The Morgan fingerprint density at radius 3 is 3.07 bits per heavy atom. The molecule has 2 rings (SSSR count). The number of nitrogens with zero attached hydrogens (tertiary/aromatic N) is 3. The largest absolute Gasteiger partial charge is 0.447 e. The van der Waals surface area contributed by atoms with Crippen molar-refractivity contribution in [2.24, 2.45) is 7.05 Å². The number of rotatable bonds is 5. The highest BCUT2D eigenvalue weighted by Crippen LogP contribution is 1.98. The number of nitrogens with one attached hydrogen (secondary N) is 1. The summed E-state index contributed by atoms with van der Waals surface area (Å²) in [6.07, 6.45) is 8.05. The normalized spacial score (nSPS) is 10.7. The van der Waals surface area contributed by atoms with Gasteiger partial charge in [0.25, 0.3) is 0 Å². The number of aromatic nitrogens is 3. The van der Waals surface area contributed by atoms with E-state index in [9.17, 15) is 0 Å². The molecule has 0 aliphatic carbocycles. The van der Waals surface area contributed by atoms with Gasteiger partial charge in [-0.25, -0.2) is 4.98 Å². The predicted molar refractivity (Wildman–Crippen MR) is 55.1 cm³/mol. The van der Waals surface area contributed by atoms with Crippen LogP contribution in [0.3, 0.4) is 0 Å². The van der Waals surface area contributed by atoms with E-state index in [4.69, 9.17) is 4.42 Å². The van der Waals surface area contributed by atoms with Gasteiger partial charge in [-0.15, -0.1) is 0 Å². The van der Waals surface area contributed by atoms with Gasteiger partial charge >= 0.3 is 0 Å². The lowest BCUT2D eigenvalue weighted by atomic mass is 10.2. The van der Waals surface area contributed by atoms with Gasteiger partial charge in [0.05, 0.1) is 18.9 Å². The molecule has 2 aromatic rings. The summed E-state index contributed by atoms with van der Waals surface area (Å²) < 4.78 is 6.91. The molecule has 0 aliphatic heterocycles. The fourth-order valence-electron chi connectivity index (χ4n) is 1.37. The molecule has 0 saturated heterocycles. The summed E-state index contributed by atoms with van der Waals surface area (Å²) in [5, 5.41) is 7.38. The quantitative estimate of drug-likeness (QED) is 0.733. The van der Waals surface area contributed by atoms with Crippen LogP contribution in [0, 0.1) is 0 Å². The van der Waals surface area contributed by atoms with E-state index in [1.54, 1.807) is 6.20 Å². The second kappa shape index (κ2) is 4.75. The lowest BCUT2D eigenvalue weighted by Gasteiger charge is -1.99. The molecule has 0 amide bonds. The Bertz CT molecular complexity index is 393. The third kappa shape index (κ3) is 2.92. The van der Waals surface area contributed by atoms with Gasteiger partial charge in [-0.3, -0.25) is 4.68 Å². The summed E-state index contributed by atoms with van der Waals surface area (Å²) >= 11 is 0. The zero-order chi connectivity index (χ0) is 10.5. The number of aryl methyl sites for hydroxylation is 1. The average Bonchev–Trinajstić information content (AvgIpc) is 2.84. The van der Waals surface area contributed by atoms with Crippen molar-refractivity contribution in [3.63, 3.8) is 0 Å². The standard InChI is InChI=1S/C10H14N4O/c1-14-7-9(4-13-14)2-3-11-5-10-6-12-8-15-10/h4,6-8,11H,2-3,5H2,1H3. The van der Waals surface area contributed by atoms with E-state index in [1.807, 2.05) is 24.1 Å². The number of hydrogen-bond donors (Lipinski definition) is 1. The van der Waals surface area contributed by atoms with E-state index in [1.165, 1.54) is 12.0 Å². The van der Waals surface area contributed by atoms with Gasteiger partial charge in [-0.2, -0.15) is 5.10 Å². The number of hydrogen-bond acceptors (Lipinski definition) is 4. The van der Waals surface area contributed by atoms with E-state index < -0.39 is 0 Å². The Morgan fingerprint density at radius 1 is 1.47 bits per heavy atom. The van der Waals surface area contributed by atoms with E-state index in [0.29, 0.717) is 0 Å². The first-order chi connectivity index (χ1) is 7.34. The Labute approximate surface area is 88.1 Å². The monoisotopic (exact) mass is 206 g/mol. The molecule has 2 aromatic heterocycles. The molecule has 0 saturated carbocycles. The minimum absolute atomic E-state index is 0.722. The minimum atomic E-state index is 0.722. The van der Waals surface area contributed by atoms with Crippen LogP contribution in [0.5, 0.6) is 0 Å². The van der Waals surface area contributed by atoms with Gasteiger partial charge in [0, 0.05) is 13.2 Å². The Balaban J connectivity index is 1.67. The molecule has 15 heavy (non-hydrogen) atoms. The van der Waals surface area contributed by atoms with Crippen molar-refractivity contribution in [1.29, 1.82) is 0 Å². The van der Waals surface area contributed by atoms with Crippen LogP contribution in [0.4, 0.5) is 0 Å². The molecular formula is C10H14N4O. The van der Waals surface area contributed by atoms with Crippen molar-refractivity contribution in [3.05, 3.63) is 36.3 Å². The smallest absolute Gasteiger partial charge is 0.180 e. The Kier molecular flexibility index (Phi) is 3.14. The molecule has 0 radical (unpaired) electrons. The van der Waals surface area contributed by atoms with Crippen LogP contribution in [0.15, 0.2) is 29.4 Å². The third-order valence-corrected chi connectivity index (χ3v) is 2.13. The average molecular weight is 206 g/mol. The van der Waals surface area contributed by atoms with Gasteiger partial charge in [-0.05, 0) is 18.5 Å². The zero-order valence-corrected chi connectivity index (χ0v) is 8.68. The molecule has 5 nitrogen and oxygen atoms in total. The van der Waals surface area contributed by atoms with Crippen molar-refractivity contribution in [2.75, 3.05) is 6.54 Å². The predicted octanol–water partition coefficient (Wildman–Crippen LogP) is 0.740. The van der Waals surface area contributed by atoms with Gasteiger partial charge in [0.15, 0.2) is 6.39 Å². The molecule has 80 valence electrons. The van der Waals surface area contributed by atoms with Crippen molar-refractivity contribution < 1.29 is 4.42 Å². The van der Waals surface area contributed by atoms with Crippen LogP contribution in [-0.2, 0) is 20.0 Å². The molecule has 0 bridgehead atoms. The highest BCUT2D eigenvalue weighted by Gasteiger charge is 1.97. The van der Waals surface area contributed by atoms with Crippen molar-refractivity contribution in [3.8, 4) is 0 Å². The van der Waals surface area contributed by atoms with Crippen LogP contribution in [0.1, 0.15) is 11.3 Å².